The van der Waals surface area contributed by atoms with Crippen molar-refractivity contribution in [2.24, 2.45) is 0 Å². The first-order valence-electron chi connectivity index (χ1n) is 7.13. The van der Waals surface area contributed by atoms with E-state index in [9.17, 15) is 4.79 Å². The quantitative estimate of drug-likeness (QED) is 0.861. The van der Waals surface area contributed by atoms with Gasteiger partial charge in [-0.15, -0.1) is 0 Å². The molecule has 0 spiro atoms. The Hall–Kier alpha value is -1.71. The molecule has 0 aliphatic carbocycles. The van der Waals surface area contributed by atoms with E-state index in [0.29, 0.717) is 0 Å². The predicted octanol–water partition coefficient (Wildman–Crippen LogP) is 3.79. The molecule has 1 aromatic rings. The summed E-state index contributed by atoms with van der Waals surface area (Å²) in [6.45, 7) is 9.65. The summed E-state index contributed by atoms with van der Waals surface area (Å²) in [6.07, 6.45) is 0.532. The predicted molar refractivity (Wildman–Crippen MR) is 83.0 cm³/mol. The molecule has 0 aliphatic heterocycles. The van der Waals surface area contributed by atoms with E-state index in [1.807, 2.05) is 58.0 Å². The van der Waals surface area contributed by atoms with Gasteiger partial charge in [0.2, 0.25) is 0 Å². The van der Waals surface area contributed by atoms with Gasteiger partial charge in [-0.25, -0.2) is 4.79 Å². The minimum absolute atomic E-state index is 0.0185. The van der Waals surface area contributed by atoms with E-state index >= 15 is 0 Å². The lowest BCUT2D eigenvalue weighted by Crippen LogP contribution is -2.46. The second-order valence-electron chi connectivity index (χ2n) is 5.96. The zero-order valence-corrected chi connectivity index (χ0v) is 13.1. The van der Waals surface area contributed by atoms with Gasteiger partial charge in [-0.3, -0.25) is 0 Å². The zero-order valence-electron chi connectivity index (χ0n) is 13.1. The van der Waals surface area contributed by atoms with E-state index in [-0.39, 0.29) is 18.2 Å². The maximum atomic E-state index is 11.8. The van der Waals surface area contributed by atoms with Crippen molar-refractivity contribution in [3.63, 3.8) is 0 Å². The van der Waals surface area contributed by atoms with Crippen LogP contribution in [0.1, 0.15) is 41.0 Å². The van der Waals surface area contributed by atoms with Crippen LogP contribution >= 0.6 is 0 Å². The second kappa shape index (κ2) is 7.17. The van der Waals surface area contributed by atoms with Crippen LogP contribution in [-0.2, 0) is 4.74 Å². The molecular formula is C16H26N2O2. The van der Waals surface area contributed by atoms with Gasteiger partial charge in [0, 0.05) is 17.8 Å². The third kappa shape index (κ3) is 5.95. The van der Waals surface area contributed by atoms with Crippen LogP contribution in [0.4, 0.5) is 10.5 Å². The Morgan fingerprint density at radius 3 is 2.35 bits per heavy atom. The van der Waals surface area contributed by atoms with Crippen LogP contribution in [0.2, 0.25) is 0 Å². The van der Waals surface area contributed by atoms with Gasteiger partial charge in [0.05, 0.1) is 0 Å². The topological polar surface area (TPSA) is 50.4 Å². The molecule has 0 fully saturated rings. The van der Waals surface area contributed by atoms with Gasteiger partial charge in [0.1, 0.15) is 5.60 Å². The fourth-order valence-corrected chi connectivity index (χ4v) is 1.92. The average molecular weight is 278 g/mol. The molecule has 1 amide bonds. The maximum absolute atomic E-state index is 11.8. The van der Waals surface area contributed by atoms with Gasteiger partial charge < -0.3 is 15.4 Å². The summed E-state index contributed by atoms with van der Waals surface area (Å²) in [6, 6.07) is 10.1. The van der Waals surface area contributed by atoms with Crippen molar-refractivity contribution < 1.29 is 9.53 Å². The number of benzene rings is 1. The summed E-state index contributed by atoms with van der Waals surface area (Å²) < 4.78 is 5.28. The maximum Gasteiger partial charge on any atom is 0.407 e. The molecule has 0 heterocycles. The van der Waals surface area contributed by atoms with Gasteiger partial charge in [0.25, 0.3) is 0 Å². The van der Waals surface area contributed by atoms with Crippen molar-refractivity contribution in [3.05, 3.63) is 30.3 Å². The number of hydrogen-bond acceptors (Lipinski definition) is 3. The summed E-state index contributed by atoms with van der Waals surface area (Å²) in [4.78, 5) is 11.8. The van der Waals surface area contributed by atoms with Crippen molar-refractivity contribution in [1.82, 2.24) is 5.32 Å². The fraction of sp³-hybridized carbons (Fsp3) is 0.562. The molecule has 0 aromatic heterocycles. The lowest BCUT2D eigenvalue weighted by molar-refractivity contribution is 0.0503. The van der Waals surface area contributed by atoms with Gasteiger partial charge in [-0.05, 0) is 46.2 Å². The molecule has 0 saturated carbocycles. The van der Waals surface area contributed by atoms with Crippen LogP contribution in [0.5, 0.6) is 0 Å². The molecule has 2 atom stereocenters. The normalized spacial score (nSPS) is 14.2. The smallest absolute Gasteiger partial charge is 0.407 e. The number of rotatable bonds is 5. The zero-order chi connectivity index (χ0) is 15.2. The lowest BCUT2D eigenvalue weighted by Gasteiger charge is -2.27. The molecule has 112 valence electrons. The van der Waals surface area contributed by atoms with Gasteiger partial charge in [-0.1, -0.05) is 25.1 Å². The highest BCUT2D eigenvalue weighted by molar-refractivity contribution is 5.68. The molecule has 1 rings (SSSR count). The van der Waals surface area contributed by atoms with Gasteiger partial charge >= 0.3 is 6.09 Å². The molecular weight excluding hydrogens is 252 g/mol. The molecule has 0 aliphatic rings. The number of amides is 1. The standard InChI is InChI=1S/C16H26N2O2/c1-6-14(18-13-10-8-7-9-11-13)12(2)17-15(19)20-16(3,4)5/h7-12,14,18H,6H2,1-5H3,(H,17,19)/t12-,14+/m0/s1. The number of ether oxygens (including phenoxy) is 1. The minimum atomic E-state index is -0.474. The number of carbonyl (C=O) groups excluding carboxylic acids is 1. The highest BCUT2D eigenvalue weighted by atomic mass is 16.6. The number of carbonyl (C=O) groups is 1. The summed E-state index contributed by atoms with van der Waals surface area (Å²) in [5.41, 5.74) is 0.579. The first kappa shape index (κ1) is 16.3. The number of alkyl carbamates (subject to hydrolysis) is 1. The Morgan fingerprint density at radius 2 is 1.85 bits per heavy atom. The molecule has 0 bridgehead atoms. The van der Waals surface area contributed by atoms with Crippen molar-refractivity contribution >= 4 is 11.8 Å². The molecule has 4 heteroatoms. The van der Waals surface area contributed by atoms with Crippen molar-refractivity contribution in [2.45, 2.75) is 58.7 Å². The third-order valence-electron chi connectivity index (χ3n) is 2.91. The molecule has 0 unspecified atom stereocenters. The van der Waals surface area contributed by atoms with Gasteiger partial charge in [0.15, 0.2) is 0 Å². The van der Waals surface area contributed by atoms with Crippen LogP contribution in [0, 0.1) is 0 Å². The van der Waals surface area contributed by atoms with E-state index in [2.05, 4.69) is 17.6 Å². The average Bonchev–Trinajstić information content (AvgIpc) is 2.34. The van der Waals surface area contributed by atoms with Crippen LogP contribution in [0.3, 0.4) is 0 Å². The molecule has 0 saturated heterocycles. The Morgan fingerprint density at radius 1 is 1.25 bits per heavy atom. The summed E-state index contributed by atoms with van der Waals surface area (Å²) >= 11 is 0. The largest absolute Gasteiger partial charge is 0.444 e. The summed E-state index contributed by atoms with van der Waals surface area (Å²) in [5.74, 6) is 0. The van der Waals surface area contributed by atoms with Crippen LogP contribution in [-0.4, -0.2) is 23.8 Å². The lowest BCUT2D eigenvalue weighted by atomic mass is 10.1. The van der Waals surface area contributed by atoms with Crippen LogP contribution < -0.4 is 10.6 Å². The highest BCUT2D eigenvalue weighted by Crippen LogP contribution is 2.12. The third-order valence-corrected chi connectivity index (χ3v) is 2.91. The molecule has 20 heavy (non-hydrogen) atoms. The Kier molecular flexibility index (Phi) is 5.86. The number of nitrogens with one attached hydrogen (secondary N) is 2. The van der Waals surface area contributed by atoms with Crippen molar-refractivity contribution in [1.29, 1.82) is 0 Å². The van der Waals surface area contributed by atoms with Gasteiger partial charge in [-0.2, -0.15) is 0 Å². The Balaban J connectivity index is 2.55. The van der Waals surface area contributed by atoms with E-state index < -0.39 is 5.60 Å². The van der Waals surface area contributed by atoms with E-state index in [1.165, 1.54) is 0 Å². The van der Waals surface area contributed by atoms with Crippen LogP contribution in [0.25, 0.3) is 0 Å². The molecule has 1 aromatic carbocycles. The molecule has 2 N–H and O–H groups in total. The Bertz CT molecular complexity index is 412. The molecule has 4 nitrogen and oxygen atoms in total. The Labute approximate surface area is 121 Å². The van der Waals surface area contributed by atoms with Crippen molar-refractivity contribution in [2.75, 3.05) is 5.32 Å². The highest BCUT2D eigenvalue weighted by Gasteiger charge is 2.21. The number of hydrogen-bond donors (Lipinski definition) is 2. The second-order valence-corrected chi connectivity index (χ2v) is 5.96. The minimum Gasteiger partial charge on any atom is -0.444 e. The summed E-state index contributed by atoms with van der Waals surface area (Å²) in [5, 5.41) is 6.31. The van der Waals surface area contributed by atoms with E-state index in [0.717, 1.165) is 12.1 Å². The number of para-hydroxylation sites is 1. The first-order valence-corrected chi connectivity index (χ1v) is 7.13. The first-order chi connectivity index (χ1) is 9.31. The van der Waals surface area contributed by atoms with E-state index in [4.69, 9.17) is 4.74 Å². The molecule has 0 radical (unpaired) electrons. The van der Waals surface area contributed by atoms with Crippen molar-refractivity contribution in [3.8, 4) is 0 Å². The number of anilines is 1. The fourth-order valence-electron chi connectivity index (χ4n) is 1.92. The monoisotopic (exact) mass is 278 g/mol. The van der Waals surface area contributed by atoms with Crippen LogP contribution in [0.15, 0.2) is 30.3 Å². The van der Waals surface area contributed by atoms with E-state index in [1.54, 1.807) is 0 Å². The SMILES string of the molecule is CC[C@@H](Nc1ccccc1)[C@H](C)NC(=O)OC(C)(C)C. The summed E-state index contributed by atoms with van der Waals surface area (Å²) in [7, 11) is 0.